The minimum absolute atomic E-state index is 0.0328. The molecule has 0 N–H and O–H groups in total. The number of ether oxygens (including phenoxy) is 6. The highest BCUT2D eigenvalue weighted by Gasteiger charge is 2.76. The van der Waals surface area contributed by atoms with Crippen molar-refractivity contribution in [2.24, 2.45) is 23.7 Å². The smallest absolute Gasteiger partial charge is 0.411 e. The topological polar surface area (TPSA) is 151 Å². The van der Waals surface area contributed by atoms with Crippen LogP contribution >= 0.6 is 0 Å². The third-order valence-electron chi connectivity index (χ3n) is 7.85. The van der Waals surface area contributed by atoms with Gasteiger partial charge < -0.3 is 28.4 Å². The van der Waals surface area contributed by atoms with Crippen molar-refractivity contribution < 1.29 is 52.4 Å². The fraction of sp³-hybridized carbons (Fsp3) is 0.720. The molecule has 0 aromatic heterocycles. The minimum atomic E-state index is -0.940. The van der Waals surface area contributed by atoms with E-state index in [2.05, 4.69) is 16.1 Å². The van der Waals surface area contributed by atoms with Crippen LogP contribution in [0.3, 0.4) is 0 Å². The average Bonchev–Trinajstić information content (AvgIpc) is 3.16. The van der Waals surface area contributed by atoms with E-state index in [0.29, 0.717) is 24.5 Å². The predicted molar refractivity (Wildman–Crippen MR) is 126 cm³/mol. The summed E-state index contributed by atoms with van der Waals surface area (Å²) >= 11 is 0. The van der Waals surface area contributed by atoms with Crippen LogP contribution in [-0.4, -0.2) is 99.0 Å². The molecule has 1 heterocycles. The van der Waals surface area contributed by atoms with E-state index in [9.17, 15) is 24.0 Å². The molecule has 2 amide bonds. The molecular formula is C25H34N2O11. The second-order valence-electron chi connectivity index (χ2n) is 10.5. The molecule has 0 aromatic carbocycles. The molecule has 0 radical (unpaired) electrons. The highest BCUT2D eigenvalue weighted by Crippen LogP contribution is 2.72. The second-order valence-corrected chi connectivity index (χ2v) is 10.5. The minimum Gasteiger partial charge on any atom is -0.463 e. The quantitative estimate of drug-likeness (QED) is 0.124. The maximum atomic E-state index is 12.2. The zero-order valence-electron chi connectivity index (χ0n) is 21.8. The van der Waals surface area contributed by atoms with Crippen molar-refractivity contribution in [3.8, 4) is 0 Å². The van der Waals surface area contributed by atoms with Crippen molar-refractivity contribution in [1.29, 1.82) is 0 Å². The van der Waals surface area contributed by atoms with Crippen LogP contribution in [0.25, 0.3) is 0 Å². The van der Waals surface area contributed by atoms with Gasteiger partial charge in [0.1, 0.15) is 6.67 Å². The van der Waals surface area contributed by atoms with Crippen LogP contribution in [-0.2, 0) is 42.8 Å². The molecule has 13 heteroatoms. The molecule has 6 atom stereocenters. The zero-order chi connectivity index (χ0) is 27.6. The fourth-order valence-corrected chi connectivity index (χ4v) is 6.22. The monoisotopic (exact) mass is 538 g/mol. The summed E-state index contributed by atoms with van der Waals surface area (Å²) in [6.45, 7) is 2.94. The number of hydrogen-bond donors (Lipinski definition) is 0. The summed E-state index contributed by atoms with van der Waals surface area (Å²) in [6, 6.07) is 0. The lowest BCUT2D eigenvalue weighted by Gasteiger charge is -2.26. The largest absolute Gasteiger partial charge is 0.463 e. The van der Waals surface area contributed by atoms with Crippen molar-refractivity contribution in [2.45, 2.75) is 44.3 Å². The Kier molecular flexibility index (Phi) is 8.14. The summed E-state index contributed by atoms with van der Waals surface area (Å²) in [7, 11) is 2.69. The Morgan fingerprint density at radius 2 is 1.55 bits per heavy atom. The highest BCUT2D eigenvalue weighted by atomic mass is 16.7. The van der Waals surface area contributed by atoms with Crippen LogP contribution in [0.5, 0.6) is 0 Å². The van der Waals surface area contributed by atoms with E-state index in [0.717, 1.165) is 35.0 Å². The number of nitrogens with zero attached hydrogens (tertiary/aromatic N) is 2. The molecule has 1 aliphatic heterocycles. The van der Waals surface area contributed by atoms with Crippen LogP contribution in [0.4, 0.5) is 9.59 Å². The third kappa shape index (κ3) is 5.87. The van der Waals surface area contributed by atoms with Gasteiger partial charge in [0.15, 0.2) is 13.2 Å². The molecule has 4 fully saturated rings. The van der Waals surface area contributed by atoms with Crippen molar-refractivity contribution in [1.82, 2.24) is 9.80 Å². The van der Waals surface area contributed by atoms with E-state index < -0.39 is 50.1 Å². The van der Waals surface area contributed by atoms with Gasteiger partial charge in [-0.25, -0.2) is 24.0 Å². The number of esters is 3. The van der Waals surface area contributed by atoms with E-state index in [1.807, 2.05) is 0 Å². The van der Waals surface area contributed by atoms with E-state index in [1.165, 1.54) is 27.4 Å². The Labute approximate surface area is 220 Å². The summed E-state index contributed by atoms with van der Waals surface area (Å²) in [6.07, 6.45) is 3.11. The van der Waals surface area contributed by atoms with Gasteiger partial charge in [-0.2, -0.15) is 0 Å². The van der Waals surface area contributed by atoms with Gasteiger partial charge in [-0.15, -0.1) is 0 Å². The van der Waals surface area contributed by atoms with Gasteiger partial charge in [0.05, 0.1) is 18.3 Å². The van der Waals surface area contributed by atoms with Crippen LogP contribution in [0, 0.1) is 23.7 Å². The molecule has 4 aliphatic rings. The van der Waals surface area contributed by atoms with Crippen molar-refractivity contribution in [3.63, 3.8) is 0 Å². The van der Waals surface area contributed by atoms with Crippen LogP contribution in [0.2, 0.25) is 0 Å². The number of amides is 2. The molecule has 3 saturated carbocycles. The Balaban J connectivity index is 1.08. The number of fused-ring (bicyclic) bond motifs is 3. The predicted octanol–water partition coefficient (Wildman–Crippen LogP) is 1.45. The van der Waals surface area contributed by atoms with Gasteiger partial charge in [0.2, 0.25) is 6.79 Å². The molecule has 3 aliphatic carbocycles. The third-order valence-corrected chi connectivity index (χ3v) is 7.85. The Hall–Kier alpha value is -3.35. The fourth-order valence-electron chi connectivity index (χ4n) is 6.22. The summed E-state index contributed by atoms with van der Waals surface area (Å²) in [5.41, 5.74) is 0.170. The van der Waals surface area contributed by atoms with Crippen LogP contribution in [0.15, 0.2) is 12.2 Å². The van der Waals surface area contributed by atoms with E-state index in [4.69, 9.17) is 18.9 Å². The molecule has 38 heavy (non-hydrogen) atoms. The number of hydrogen-bond acceptors (Lipinski definition) is 11. The Morgan fingerprint density at radius 3 is 2.18 bits per heavy atom. The van der Waals surface area contributed by atoms with Gasteiger partial charge >= 0.3 is 30.1 Å². The average molecular weight is 539 g/mol. The Bertz CT molecular complexity index is 1000. The van der Waals surface area contributed by atoms with E-state index >= 15 is 0 Å². The summed E-state index contributed by atoms with van der Waals surface area (Å²) < 4.78 is 30.4. The molecule has 1 spiro atoms. The first kappa shape index (κ1) is 27.7. The standard InChI is InChI=1S/C25H34N2O11/c1-14(2)22(30)37-13-36-20(29)11-35-24(32)27(4)12-26(3)23(31)34-10-19(28)33-9-15-5-6-17-16-7-18-25(8-16,38-18)21(15)17/h15-18,21H,1,5-13H2,2-4H3. The summed E-state index contributed by atoms with van der Waals surface area (Å²) in [5, 5.41) is 0. The first-order chi connectivity index (χ1) is 18.0. The van der Waals surface area contributed by atoms with Gasteiger partial charge in [-0.05, 0) is 56.3 Å². The maximum absolute atomic E-state index is 12.2. The van der Waals surface area contributed by atoms with Crippen molar-refractivity contribution in [2.75, 3.05) is 47.4 Å². The molecule has 13 nitrogen and oxygen atoms in total. The highest BCUT2D eigenvalue weighted by molar-refractivity contribution is 5.87. The first-order valence-electron chi connectivity index (χ1n) is 12.6. The van der Waals surface area contributed by atoms with E-state index in [1.54, 1.807) is 0 Å². The van der Waals surface area contributed by atoms with Gasteiger partial charge in [0.25, 0.3) is 0 Å². The number of rotatable bonds is 11. The molecule has 6 unspecified atom stereocenters. The lowest BCUT2D eigenvalue weighted by Crippen LogP contribution is -2.41. The van der Waals surface area contributed by atoms with Gasteiger partial charge in [-0.1, -0.05) is 6.58 Å². The Morgan fingerprint density at radius 1 is 0.921 bits per heavy atom. The molecular weight excluding hydrogens is 504 g/mol. The van der Waals surface area contributed by atoms with Crippen molar-refractivity contribution in [3.05, 3.63) is 12.2 Å². The van der Waals surface area contributed by atoms with Gasteiger partial charge in [-0.3, -0.25) is 9.80 Å². The second kappa shape index (κ2) is 11.2. The normalized spacial score (nSPS) is 29.4. The molecule has 4 rings (SSSR count). The molecule has 0 aromatic rings. The van der Waals surface area contributed by atoms with E-state index in [-0.39, 0.29) is 23.8 Å². The van der Waals surface area contributed by atoms with Crippen LogP contribution < -0.4 is 0 Å². The maximum Gasteiger partial charge on any atom is 0.411 e. The molecule has 1 saturated heterocycles. The lowest BCUT2D eigenvalue weighted by atomic mass is 9.78. The zero-order valence-corrected chi connectivity index (χ0v) is 21.8. The number of carbonyl (C=O) groups excluding carboxylic acids is 5. The van der Waals surface area contributed by atoms with Crippen LogP contribution in [0.1, 0.15) is 32.6 Å². The molecule has 210 valence electrons. The summed E-state index contributed by atoms with van der Waals surface area (Å²) in [5.74, 6) is -0.144. The molecule has 2 bridgehead atoms. The number of epoxide rings is 1. The lowest BCUT2D eigenvalue weighted by molar-refractivity contribution is -0.167. The van der Waals surface area contributed by atoms with Gasteiger partial charge in [0, 0.05) is 19.7 Å². The first-order valence-corrected chi connectivity index (χ1v) is 12.6. The van der Waals surface area contributed by atoms with Crippen molar-refractivity contribution >= 4 is 30.1 Å². The summed E-state index contributed by atoms with van der Waals surface area (Å²) in [4.78, 5) is 61.3. The number of carbonyl (C=O) groups is 5. The SMILES string of the molecule is C=C(C)C(=O)OCOC(=O)COC(=O)N(C)CN(C)C(=O)OCC(=O)OCC1CCC2C3CC4OC4(C3)C12.